The normalized spacial score (nSPS) is 10.2. The number of hydrogen-bond acceptors (Lipinski definition) is 4. The average Bonchev–Trinajstić information content (AvgIpc) is 2.56. The number of Topliss-reactive ketones (excluding diaryl/α,β-unsaturated/α-hetero) is 1. The first-order valence-electron chi connectivity index (χ1n) is 7.87. The molecule has 0 saturated heterocycles. The van der Waals surface area contributed by atoms with Crippen molar-refractivity contribution in [2.24, 2.45) is 0 Å². The SMILES string of the molecule is CC(=O)Nc1ccc(C(C)=O)cc1OCC(=O)Nc1ccc(Cl)cc1C. The number of hydrogen-bond donors (Lipinski definition) is 2. The Morgan fingerprint density at radius 1 is 1.00 bits per heavy atom. The van der Waals surface area contributed by atoms with E-state index in [9.17, 15) is 14.4 Å². The summed E-state index contributed by atoms with van der Waals surface area (Å²) in [6, 6.07) is 9.76. The standard InChI is InChI=1S/C19H19ClN2O4/c1-11-8-15(20)5-7-16(11)22-19(25)10-26-18-9-14(12(2)23)4-6-17(18)21-13(3)24/h4-9H,10H2,1-3H3,(H,21,24)(H,22,25). The maximum absolute atomic E-state index is 12.2. The summed E-state index contributed by atoms with van der Waals surface area (Å²) in [6.07, 6.45) is 0. The molecule has 6 nitrogen and oxygen atoms in total. The number of aryl methyl sites for hydroxylation is 1. The van der Waals surface area contributed by atoms with Crippen molar-refractivity contribution in [3.05, 3.63) is 52.5 Å². The van der Waals surface area contributed by atoms with Crippen LogP contribution in [0.2, 0.25) is 5.02 Å². The van der Waals surface area contributed by atoms with Gasteiger partial charge in [0.15, 0.2) is 12.4 Å². The molecule has 7 heteroatoms. The maximum Gasteiger partial charge on any atom is 0.262 e. The highest BCUT2D eigenvalue weighted by atomic mass is 35.5. The topological polar surface area (TPSA) is 84.5 Å². The van der Waals surface area contributed by atoms with Gasteiger partial charge in [-0.2, -0.15) is 0 Å². The molecule has 0 aliphatic carbocycles. The molecule has 0 aliphatic heterocycles. The van der Waals surface area contributed by atoms with Crippen LogP contribution in [0.3, 0.4) is 0 Å². The van der Waals surface area contributed by atoms with Crippen LogP contribution in [0.15, 0.2) is 36.4 Å². The van der Waals surface area contributed by atoms with Crippen LogP contribution in [-0.2, 0) is 9.59 Å². The third-order valence-electron chi connectivity index (χ3n) is 3.52. The third-order valence-corrected chi connectivity index (χ3v) is 3.76. The summed E-state index contributed by atoms with van der Waals surface area (Å²) in [7, 11) is 0. The van der Waals surface area contributed by atoms with E-state index in [0.29, 0.717) is 22.0 Å². The molecule has 0 aromatic heterocycles. The van der Waals surface area contributed by atoms with E-state index in [1.54, 1.807) is 30.3 Å². The Morgan fingerprint density at radius 2 is 1.69 bits per heavy atom. The van der Waals surface area contributed by atoms with Gasteiger partial charge >= 0.3 is 0 Å². The van der Waals surface area contributed by atoms with Crippen molar-refractivity contribution in [3.63, 3.8) is 0 Å². The van der Waals surface area contributed by atoms with Crippen LogP contribution in [0.5, 0.6) is 5.75 Å². The molecule has 0 aliphatic rings. The molecule has 26 heavy (non-hydrogen) atoms. The highest BCUT2D eigenvalue weighted by molar-refractivity contribution is 6.30. The summed E-state index contributed by atoms with van der Waals surface area (Å²) < 4.78 is 5.52. The van der Waals surface area contributed by atoms with E-state index in [1.807, 2.05) is 6.92 Å². The van der Waals surface area contributed by atoms with Gasteiger partial charge < -0.3 is 15.4 Å². The van der Waals surface area contributed by atoms with Gasteiger partial charge in [-0.3, -0.25) is 14.4 Å². The van der Waals surface area contributed by atoms with E-state index in [0.717, 1.165) is 5.56 Å². The largest absolute Gasteiger partial charge is 0.482 e. The van der Waals surface area contributed by atoms with E-state index in [2.05, 4.69) is 10.6 Å². The van der Waals surface area contributed by atoms with Gasteiger partial charge in [0.1, 0.15) is 5.75 Å². The lowest BCUT2D eigenvalue weighted by atomic mass is 10.1. The number of amides is 2. The number of anilines is 2. The summed E-state index contributed by atoms with van der Waals surface area (Å²) in [4.78, 5) is 35.0. The Hall–Kier alpha value is -2.86. The lowest BCUT2D eigenvalue weighted by Crippen LogP contribution is -2.21. The minimum Gasteiger partial charge on any atom is -0.482 e. The Kier molecular flexibility index (Phi) is 6.36. The highest BCUT2D eigenvalue weighted by Crippen LogP contribution is 2.26. The zero-order chi connectivity index (χ0) is 19.3. The molecular weight excluding hydrogens is 356 g/mol. The molecule has 0 atom stereocenters. The summed E-state index contributed by atoms with van der Waals surface area (Å²) in [5, 5.41) is 5.92. The zero-order valence-electron chi connectivity index (χ0n) is 14.7. The minimum absolute atomic E-state index is 0.148. The maximum atomic E-state index is 12.2. The van der Waals surface area contributed by atoms with Gasteiger partial charge in [-0.15, -0.1) is 0 Å². The molecule has 2 amide bonds. The van der Waals surface area contributed by atoms with Gasteiger partial charge in [-0.1, -0.05) is 11.6 Å². The predicted octanol–water partition coefficient (Wildman–Crippen LogP) is 3.83. The van der Waals surface area contributed by atoms with Crippen LogP contribution >= 0.6 is 11.6 Å². The zero-order valence-corrected chi connectivity index (χ0v) is 15.4. The first-order valence-corrected chi connectivity index (χ1v) is 8.25. The molecule has 136 valence electrons. The molecule has 2 N–H and O–H groups in total. The number of carbonyl (C=O) groups is 3. The fraction of sp³-hybridized carbons (Fsp3) is 0.211. The smallest absolute Gasteiger partial charge is 0.262 e. The van der Waals surface area contributed by atoms with Gasteiger partial charge in [0.2, 0.25) is 5.91 Å². The van der Waals surface area contributed by atoms with Crippen molar-refractivity contribution >= 4 is 40.6 Å². The molecule has 2 aromatic carbocycles. The first-order chi connectivity index (χ1) is 12.3. The summed E-state index contributed by atoms with van der Waals surface area (Å²) >= 11 is 5.89. The van der Waals surface area contributed by atoms with Crippen LogP contribution in [-0.4, -0.2) is 24.2 Å². The van der Waals surface area contributed by atoms with Gasteiger partial charge in [-0.05, 0) is 55.8 Å². The molecule has 0 spiro atoms. The molecule has 0 bridgehead atoms. The summed E-state index contributed by atoms with van der Waals surface area (Å²) in [6.45, 7) is 4.33. The molecule has 2 rings (SSSR count). The fourth-order valence-electron chi connectivity index (χ4n) is 2.25. The first kappa shape index (κ1) is 19.5. The highest BCUT2D eigenvalue weighted by Gasteiger charge is 2.12. The van der Waals surface area contributed by atoms with Crippen LogP contribution in [0.25, 0.3) is 0 Å². The van der Waals surface area contributed by atoms with Crippen molar-refractivity contribution in [1.29, 1.82) is 0 Å². The quantitative estimate of drug-likeness (QED) is 0.752. The number of benzene rings is 2. The third kappa shape index (κ3) is 5.32. The van der Waals surface area contributed by atoms with Crippen molar-refractivity contribution in [2.75, 3.05) is 17.2 Å². The number of halogens is 1. The van der Waals surface area contributed by atoms with E-state index >= 15 is 0 Å². The molecule has 2 aromatic rings. The lowest BCUT2D eigenvalue weighted by molar-refractivity contribution is -0.118. The number of ketones is 1. The number of carbonyl (C=O) groups excluding carboxylic acids is 3. The average molecular weight is 375 g/mol. The predicted molar refractivity (Wildman–Crippen MR) is 101 cm³/mol. The van der Waals surface area contributed by atoms with Gasteiger partial charge in [-0.25, -0.2) is 0 Å². The Balaban J connectivity index is 2.11. The van der Waals surface area contributed by atoms with Gasteiger partial charge in [0.05, 0.1) is 5.69 Å². The second kappa shape index (κ2) is 8.49. The van der Waals surface area contributed by atoms with Crippen LogP contribution in [0, 0.1) is 6.92 Å². The van der Waals surface area contributed by atoms with Crippen LogP contribution in [0.4, 0.5) is 11.4 Å². The number of nitrogens with one attached hydrogen (secondary N) is 2. The van der Waals surface area contributed by atoms with Gasteiger partial charge in [0, 0.05) is 23.2 Å². The van der Waals surface area contributed by atoms with Crippen molar-refractivity contribution in [2.45, 2.75) is 20.8 Å². The minimum atomic E-state index is -0.377. The van der Waals surface area contributed by atoms with Crippen molar-refractivity contribution in [1.82, 2.24) is 0 Å². The Bertz CT molecular complexity index is 865. The molecule has 0 unspecified atom stereocenters. The summed E-state index contributed by atoms with van der Waals surface area (Å²) in [5.41, 5.74) is 2.26. The van der Waals surface area contributed by atoms with Crippen molar-refractivity contribution < 1.29 is 19.1 Å². The number of ether oxygens (including phenoxy) is 1. The lowest BCUT2D eigenvalue weighted by Gasteiger charge is -2.13. The monoisotopic (exact) mass is 374 g/mol. The van der Waals surface area contributed by atoms with Gasteiger partial charge in [0.25, 0.3) is 5.91 Å². The fourth-order valence-corrected chi connectivity index (χ4v) is 2.48. The molecular formula is C19H19ClN2O4. The molecule has 0 saturated carbocycles. The van der Waals surface area contributed by atoms with E-state index in [4.69, 9.17) is 16.3 Å². The molecule has 0 radical (unpaired) electrons. The second-order valence-corrected chi connectivity index (χ2v) is 6.18. The van der Waals surface area contributed by atoms with E-state index in [1.165, 1.54) is 19.9 Å². The Morgan fingerprint density at radius 3 is 2.31 bits per heavy atom. The van der Waals surface area contributed by atoms with Crippen LogP contribution < -0.4 is 15.4 Å². The molecule has 0 fully saturated rings. The van der Waals surface area contributed by atoms with Crippen molar-refractivity contribution in [3.8, 4) is 5.75 Å². The summed E-state index contributed by atoms with van der Waals surface area (Å²) in [5.74, 6) is -0.564. The number of rotatable bonds is 6. The van der Waals surface area contributed by atoms with E-state index < -0.39 is 0 Å². The second-order valence-electron chi connectivity index (χ2n) is 5.74. The Labute approximate surface area is 156 Å². The van der Waals surface area contributed by atoms with Crippen LogP contribution in [0.1, 0.15) is 29.8 Å². The molecule has 0 heterocycles. The van der Waals surface area contributed by atoms with E-state index in [-0.39, 0.29) is 30.0 Å².